The molecule has 1 heterocycles. The van der Waals surface area contributed by atoms with Gasteiger partial charge in [-0.25, -0.2) is 5.84 Å². The average Bonchev–Trinajstić information content (AvgIpc) is 3.15. The van der Waals surface area contributed by atoms with E-state index in [0.717, 1.165) is 29.4 Å². The zero-order chi connectivity index (χ0) is 18.1. The normalized spacial score (nSPS) is 12.4. The van der Waals surface area contributed by atoms with Gasteiger partial charge in [0, 0.05) is 5.75 Å². The molecule has 0 fully saturated rings. The van der Waals surface area contributed by atoms with Gasteiger partial charge in [-0.3, -0.25) is 5.01 Å². The van der Waals surface area contributed by atoms with Crippen LogP contribution >= 0.6 is 11.8 Å². The third-order valence-electron chi connectivity index (χ3n) is 3.41. The standard InChI is InChI=1S/C16H18N4O2S.C2H6/c17-19-16(20(18)13-4-2-1-3-5-13)23-9-8-12-6-7-14-15(10-12)22-11-21-14;1-2/h1-7,10H,8-9,11,17-18H2;1-2H3/b19-16+;. The number of para-hydroxylation sites is 1. The van der Waals surface area contributed by atoms with Crippen LogP contribution in [0.25, 0.3) is 0 Å². The molecule has 6 nitrogen and oxygen atoms in total. The van der Waals surface area contributed by atoms with Crippen LogP contribution in [0.3, 0.4) is 0 Å². The van der Waals surface area contributed by atoms with Crippen molar-refractivity contribution >= 4 is 22.6 Å². The number of fused-ring (bicyclic) bond motifs is 1. The second-order valence-corrected chi connectivity index (χ2v) is 5.97. The summed E-state index contributed by atoms with van der Waals surface area (Å²) < 4.78 is 10.7. The largest absolute Gasteiger partial charge is 0.454 e. The molecule has 25 heavy (non-hydrogen) atoms. The summed E-state index contributed by atoms with van der Waals surface area (Å²) in [6.45, 7) is 4.29. The Morgan fingerprint density at radius 2 is 1.84 bits per heavy atom. The lowest BCUT2D eigenvalue weighted by Crippen LogP contribution is -2.36. The number of rotatable bonds is 4. The Kier molecular flexibility index (Phi) is 7.43. The number of nitrogens with two attached hydrogens (primary N) is 2. The molecule has 134 valence electrons. The molecule has 1 aliphatic heterocycles. The van der Waals surface area contributed by atoms with Crippen LogP contribution in [0.5, 0.6) is 11.5 Å². The molecule has 7 heteroatoms. The molecule has 0 aliphatic carbocycles. The van der Waals surface area contributed by atoms with Crippen molar-refractivity contribution in [1.82, 2.24) is 0 Å². The lowest BCUT2D eigenvalue weighted by molar-refractivity contribution is 0.174. The van der Waals surface area contributed by atoms with E-state index in [-0.39, 0.29) is 6.79 Å². The number of anilines is 1. The Bertz CT molecular complexity index is 695. The van der Waals surface area contributed by atoms with Gasteiger partial charge in [0.1, 0.15) is 0 Å². The molecule has 0 bridgehead atoms. The number of benzene rings is 2. The summed E-state index contributed by atoms with van der Waals surface area (Å²) in [4.78, 5) is 0. The van der Waals surface area contributed by atoms with Crippen molar-refractivity contribution in [3.05, 3.63) is 54.1 Å². The summed E-state index contributed by atoms with van der Waals surface area (Å²) in [6, 6.07) is 15.5. The Labute approximate surface area is 152 Å². The summed E-state index contributed by atoms with van der Waals surface area (Å²) in [7, 11) is 0. The van der Waals surface area contributed by atoms with Crippen LogP contribution in [-0.2, 0) is 6.42 Å². The maximum atomic E-state index is 6.07. The lowest BCUT2D eigenvalue weighted by atomic mass is 10.1. The Morgan fingerprint density at radius 1 is 1.12 bits per heavy atom. The summed E-state index contributed by atoms with van der Waals surface area (Å²) >= 11 is 1.51. The van der Waals surface area contributed by atoms with Gasteiger partial charge in [-0.05, 0) is 36.2 Å². The maximum absolute atomic E-state index is 6.07. The van der Waals surface area contributed by atoms with Gasteiger partial charge in [-0.15, -0.1) is 0 Å². The van der Waals surface area contributed by atoms with Gasteiger partial charge in [0.2, 0.25) is 12.0 Å². The molecule has 3 rings (SSSR count). The van der Waals surface area contributed by atoms with Gasteiger partial charge in [0.05, 0.1) is 5.69 Å². The second kappa shape index (κ2) is 9.80. The van der Waals surface area contributed by atoms with E-state index in [1.807, 2.05) is 62.4 Å². The summed E-state index contributed by atoms with van der Waals surface area (Å²) in [6.07, 6.45) is 0.850. The van der Waals surface area contributed by atoms with Crippen LogP contribution in [0.15, 0.2) is 53.6 Å². The molecule has 0 unspecified atom stereocenters. The van der Waals surface area contributed by atoms with Crippen molar-refractivity contribution in [2.24, 2.45) is 16.8 Å². The minimum atomic E-state index is 0.288. The Hall–Kier alpha value is -2.38. The van der Waals surface area contributed by atoms with Crippen molar-refractivity contribution in [2.45, 2.75) is 20.3 Å². The first kappa shape index (κ1) is 19.0. The molecule has 2 aromatic rings. The number of aryl methyl sites for hydroxylation is 1. The van der Waals surface area contributed by atoms with Gasteiger partial charge in [-0.1, -0.05) is 49.9 Å². The molecular formula is C18H24N4O2S. The van der Waals surface area contributed by atoms with Gasteiger partial charge in [-0.2, -0.15) is 5.10 Å². The SMILES string of the molecule is CC.N/N=C(/SCCc1ccc2c(c1)OCO2)N(N)c1ccccc1. The Morgan fingerprint density at radius 3 is 2.56 bits per heavy atom. The highest BCUT2D eigenvalue weighted by atomic mass is 32.2. The fraction of sp³-hybridized carbons (Fsp3) is 0.278. The average molecular weight is 360 g/mol. The lowest BCUT2D eigenvalue weighted by Gasteiger charge is -2.19. The number of thioether (sulfide) groups is 1. The number of amidine groups is 1. The van der Waals surface area contributed by atoms with Crippen LogP contribution in [0.1, 0.15) is 19.4 Å². The number of ether oxygens (including phenoxy) is 2. The zero-order valence-electron chi connectivity index (χ0n) is 14.5. The maximum Gasteiger partial charge on any atom is 0.231 e. The molecular weight excluding hydrogens is 336 g/mol. The minimum absolute atomic E-state index is 0.288. The van der Waals surface area contributed by atoms with Crippen molar-refractivity contribution < 1.29 is 9.47 Å². The number of hydrogen-bond donors (Lipinski definition) is 2. The van der Waals surface area contributed by atoms with Gasteiger partial charge in [0.15, 0.2) is 11.5 Å². The molecule has 0 aromatic heterocycles. The van der Waals surface area contributed by atoms with Gasteiger partial charge in [0.25, 0.3) is 0 Å². The van der Waals surface area contributed by atoms with E-state index in [2.05, 4.69) is 5.10 Å². The van der Waals surface area contributed by atoms with Crippen LogP contribution in [-0.4, -0.2) is 17.7 Å². The summed E-state index contributed by atoms with van der Waals surface area (Å²) in [5, 5.41) is 5.85. The smallest absolute Gasteiger partial charge is 0.231 e. The predicted molar refractivity (Wildman–Crippen MR) is 105 cm³/mol. The first-order valence-corrected chi connectivity index (χ1v) is 9.15. The van der Waals surface area contributed by atoms with Crippen molar-refractivity contribution in [3.63, 3.8) is 0 Å². The van der Waals surface area contributed by atoms with Crippen LogP contribution < -0.4 is 26.2 Å². The third-order valence-corrected chi connectivity index (χ3v) is 4.38. The van der Waals surface area contributed by atoms with E-state index in [9.17, 15) is 0 Å². The van der Waals surface area contributed by atoms with E-state index in [1.54, 1.807) is 0 Å². The fourth-order valence-electron chi connectivity index (χ4n) is 2.22. The molecule has 4 N–H and O–H groups in total. The first-order chi connectivity index (χ1) is 12.3. The second-order valence-electron chi connectivity index (χ2n) is 4.90. The van der Waals surface area contributed by atoms with E-state index < -0.39 is 0 Å². The van der Waals surface area contributed by atoms with Crippen LogP contribution in [0.2, 0.25) is 0 Å². The van der Waals surface area contributed by atoms with E-state index in [0.29, 0.717) is 5.17 Å². The van der Waals surface area contributed by atoms with Gasteiger partial charge >= 0.3 is 0 Å². The zero-order valence-corrected chi connectivity index (χ0v) is 15.3. The summed E-state index contributed by atoms with van der Waals surface area (Å²) in [5.74, 6) is 13.9. The fourth-order valence-corrected chi connectivity index (χ4v) is 3.06. The highest BCUT2D eigenvalue weighted by Crippen LogP contribution is 2.32. The third kappa shape index (κ3) is 5.04. The first-order valence-electron chi connectivity index (χ1n) is 8.17. The monoisotopic (exact) mass is 360 g/mol. The molecule has 0 radical (unpaired) electrons. The molecule has 0 atom stereocenters. The highest BCUT2D eigenvalue weighted by molar-refractivity contribution is 8.14. The van der Waals surface area contributed by atoms with Gasteiger partial charge < -0.3 is 15.3 Å². The van der Waals surface area contributed by atoms with E-state index >= 15 is 0 Å². The van der Waals surface area contributed by atoms with Crippen LogP contribution in [0.4, 0.5) is 5.69 Å². The van der Waals surface area contributed by atoms with Crippen LogP contribution in [0, 0.1) is 0 Å². The number of nitrogens with zero attached hydrogens (tertiary/aromatic N) is 2. The molecule has 0 amide bonds. The molecule has 1 aliphatic rings. The number of hydrogen-bond acceptors (Lipinski definition) is 6. The van der Waals surface area contributed by atoms with Crippen molar-refractivity contribution in [1.29, 1.82) is 0 Å². The highest BCUT2D eigenvalue weighted by Gasteiger charge is 2.14. The number of hydrazine groups is 1. The van der Waals surface area contributed by atoms with E-state index in [4.69, 9.17) is 21.2 Å². The molecule has 2 aromatic carbocycles. The van der Waals surface area contributed by atoms with Crippen molar-refractivity contribution in [2.75, 3.05) is 17.6 Å². The predicted octanol–water partition coefficient (Wildman–Crippen LogP) is 3.33. The molecule has 0 saturated carbocycles. The minimum Gasteiger partial charge on any atom is -0.454 e. The number of hydrazone groups is 1. The molecule has 0 saturated heterocycles. The van der Waals surface area contributed by atoms with E-state index in [1.165, 1.54) is 22.3 Å². The van der Waals surface area contributed by atoms with Crippen molar-refractivity contribution in [3.8, 4) is 11.5 Å². The topological polar surface area (TPSA) is 86.1 Å². The quantitative estimate of drug-likeness (QED) is 0.376. The molecule has 0 spiro atoms. The Balaban J connectivity index is 0.00000109. The summed E-state index contributed by atoms with van der Waals surface area (Å²) in [5.41, 5.74) is 2.01.